The Morgan fingerprint density at radius 1 is 1.26 bits per heavy atom. The summed E-state index contributed by atoms with van der Waals surface area (Å²) < 4.78 is 10.1. The lowest BCUT2D eigenvalue weighted by Crippen LogP contribution is -2.27. The number of methoxy groups -OCH3 is 1. The van der Waals surface area contributed by atoms with Crippen molar-refractivity contribution in [3.8, 4) is 5.75 Å². The Hall–Kier alpha value is -1.96. The van der Waals surface area contributed by atoms with Gasteiger partial charge in [0.15, 0.2) is 4.77 Å². The van der Waals surface area contributed by atoms with Gasteiger partial charge in [-0.25, -0.2) is 4.68 Å². The SMILES string of the molecule is COc1ccc([C@H]2CCCN2Cn2ncn(CCc3cccs3)c2=S)cc1. The predicted molar refractivity (Wildman–Crippen MR) is 111 cm³/mol. The molecule has 0 bridgehead atoms. The standard InChI is InChI=1S/C20H24N4OS2/c1-25-17-8-6-16(7-9-17)19-5-2-11-23(19)15-24-20(26)22(14-21-24)12-10-18-4-3-13-27-18/h3-4,6-9,13-14,19H,2,5,10-12,15H2,1H3/t19-/m1/s1. The summed E-state index contributed by atoms with van der Waals surface area (Å²) in [5.74, 6) is 0.898. The van der Waals surface area contributed by atoms with E-state index < -0.39 is 0 Å². The van der Waals surface area contributed by atoms with Gasteiger partial charge in [0.05, 0.1) is 13.8 Å². The normalized spacial score (nSPS) is 17.4. The molecule has 3 heterocycles. The fourth-order valence-corrected chi connectivity index (χ4v) is 4.62. The molecule has 142 valence electrons. The van der Waals surface area contributed by atoms with E-state index >= 15 is 0 Å². The van der Waals surface area contributed by atoms with Crippen LogP contribution in [0.5, 0.6) is 5.75 Å². The van der Waals surface area contributed by atoms with E-state index in [1.54, 1.807) is 18.4 Å². The number of rotatable bonds is 7. The fourth-order valence-electron chi connectivity index (χ4n) is 3.68. The third-order valence-corrected chi connectivity index (χ3v) is 6.54. The van der Waals surface area contributed by atoms with Crippen molar-refractivity contribution in [1.82, 2.24) is 19.2 Å². The molecule has 0 amide bonds. The lowest BCUT2D eigenvalue weighted by Gasteiger charge is -2.24. The summed E-state index contributed by atoms with van der Waals surface area (Å²) in [7, 11) is 1.70. The highest BCUT2D eigenvalue weighted by molar-refractivity contribution is 7.71. The molecule has 0 N–H and O–H groups in total. The highest BCUT2D eigenvalue weighted by Gasteiger charge is 2.26. The Morgan fingerprint density at radius 2 is 2.11 bits per heavy atom. The number of thiophene rings is 1. The first-order valence-corrected chi connectivity index (χ1v) is 10.6. The first kappa shape index (κ1) is 18.4. The zero-order chi connectivity index (χ0) is 18.6. The number of aromatic nitrogens is 3. The Labute approximate surface area is 168 Å². The lowest BCUT2D eigenvalue weighted by molar-refractivity contribution is 0.189. The molecule has 1 aliphatic rings. The van der Waals surface area contributed by atoms with Gasteiger partial charge in [0, 0.05) is 24.0 Å². The topological polar surface area (TPSA) is 35.2 Å². The fraction of sp³-hybridized carbons (Fsp3) is 0.400. The van der Waals surface area contributed by atoms with Gasteiger partial charge in [-0.2, -0.15) is 5.10 Å². The molecule has 4 rings (SSSR count). The average molecular weight is 401 g/mol. The number of aryl methyl sites for hydroxylation is 2. The molecule has 1 fully saturated rings. The van der Waals surface area contributed by atoms with Gasteiger partial charge in [0.1, 0.15) is 12.1 Å². The maximum Gasteiger partial charge on any atom is 0.198 e. The lowest BCUT2D eigenvalue weighted by atomic mass is 10.0. The minimum absolute atomic E-state index is 0.411. The number of hydrogen-bond donors (Lipinski definition) is 0. The molecule has 0 spiro atoms. The number of hydrogen-bond acceptors (Lipinski definition) is 5. The van der Waals surface area contributed by atoms with Gasteiger partial charge >= 0.3 is 0 Å². The summed E-state index contributed by atoms with van der Waals surface area (Å²) in [5.41, 5.74) is 1.33. The first-order chi connectivity index (χ1) is 13.2. The molecule has 1 atom stereocenters. The number of benzene rings is 1. The predicted octanol–water partition coefficient (Wildman–Crippen LogP) is 4.52. The molecule has 7 heteroatoms. The van der Waals surface area contributed by atoms with Gasteiger partial charge in [-0.15, -0.1) is 11.3 Å². The second-order valence-corrected chi connectivity index (χ2v) is 8.22. The molecule has 1 aliphatic heterocycles. The van der Waals surface area contributed by atoms with Crippen molar-refractivity contribution in [3.63, 3.8) is 0 Å². The van der Waals surface area contributed by atoms with Crippen LogP contribution in [0.4, 0.5) is 0 Å². The van der Waals surface area contributed by atoms with Gasteiger partial charge < -0.3 is 9.30 Å². The van der Waals surface area contributed by atoms with E-state index in [-0.39, 0.29) is 0 Å². The zero-order valence-electron chi connectivity index (χ0n) is 15.5. The summed E-state index contributed by atoms with van der Waals surface area (Å²) in [6.45, 7) is 2.68. The minimum atomic E-state index is 0.411. The first-order valence-electron chi connectivity index (χ1n) is 9.27. The Balaban J connectivity index is 1.44. The van der Waals surface area contributed by atoms with Crippen molar-refractivity contribution in [2.75, 3.05) is 13.7 Å². The van der Waals surface area contributed by atoms with Crippen LogP contribution < -0.4 is 4.74 Å². The van der Waals surface area contributed by atoms with E-state index in [2.05, 4.69) is 44.2 Å². The van der Waals surface area contributed by atoms with Crippen molar-refractivity contribution in [1.29, 1.82) is 0 Å². The zero-order valence-corrected chi connectivity index (χ0v) is 17.1. The van der Waals surface area contributed by atoms with Crippen LogP contribution in [0.25, 0.3) is 0 Å². The molecular weight excluding hydrogens is 376 g/mol. The second-order valence-electron chi connectivity index (χ2n) is 6.82. The highest BCUT2D eigenvalue weighted by Crippen LogP contribution is 2.33. The van der Waals surface area contributed by atoms with Crippen LogP contribution >= 0.6 is 23.6 Å². The minimum Gasteiger partial charge on any atom is -0.497 e. The summed E-state index contributed by atoms with van der Waals surface area (Å²) in [6.07, 6.45) is 5.23. The second kappa shape index (κ2) is 8.37. The number of likely N-dealkylation sites (tertiary alicyclic amines) is 1. The quantitative estimate of drug-likeness (QED) is 0.546. The van der Waals surface area contributed by atoms with E-state index in [0.29, 0.717) is 6.04 Å². The molecule has 0 saturated carbocycles. The van der Waals surface area contributed by atoms with Crippen molar-refractivity contribution in [2.45, 2.75) is 38.5 Å². The third-order valence-electron chi connectivity index (χ3n) is 5.16. The smallest absolute Gasteiger partial charge is 0.198 e. The Morgan fingerprint density at radius 3 is 2.85 bits per heavy atom. The molecule has 0 aliphatic carbocycles. The summed E-state index contributed by atoms with van der Waals surface area (Å²) in [5, 5.41) is 6.67. The van der Waals surface area contributed by atoms with Crippen LogP contribution in [0.2, 0.25) is 0 Å². The maximum atomic E-state index is 5.67. The summed E-state index contributed by atoms with van der Waals surface area (Å²) >= 11 is 7.46. The number of nitrogens with zero attached hydrogens (tertiary/aromatic N) is 4. The monoisotopic (exact) mass is 400 g/mol. The molecule has 5 nitrogen and oxygen atoms in total. The molecule has 2 aromatic heterocycles. The van der Waals surface area contributed by atoms with Gasteiger partial charge in [0.25, 0.3) is 0 Å². The van der Waals surface area contributed by atoms with Gasteiger partial charge in [-0.05, 0) is 60.6 Å². The van der Waals surface area contributed by atoms with Crippen LogP contribution in [-0.2, 0) is 19.6 Å². The van der Waals surface area contributed by atoms with Crippen LogP contribution in [0, 0.1) is 4.77 Å². The largest absolute Gasteiger partial charge is 0.497 e. The summed E-state index contributed by atoms with van der Waals surface area (Å²) in [6, 6.07) is 13.1. The van der Waals surface area contributed by atoms with E-state index in [1.807, 2.05) is 23.1 Å². The molecular formula is C20H24N4OS2. The third kappa shape index (κ3) is 4.15. The molecule has 1 saturated heterocycles. The van der Waals surface area contributed by atoms with Crippen LogP contribution in [0.1, 0.15) is 29.3 Å². The van der Waals surface area contributed by atoms with Crippen LogP contribution in [-0.4, -0.2) is 32.9 Å². The van der Waals surface area contributed by atoms with Crippen molar-refractivity contribution >= 4 is 23.6 Å². The molecule has 1 aromatic carbocycles. The van der Waals surface area contributed by atoms with Crippen molar-refractivity contribution in [3.05, 3.63) is 63.3 Å². The Bertz CT molecular complexity index is 914. The maximum absolute atomic E-state index is 5.67. The van der Waals surface area contributed by atoms with E-state index in [4.69, 9.17) is 17.0 Å². The summed E-state index contributed by atoms with van der Waals surface area (Å²) in [4.78, 5) is 3.84. The van der Waals surface area contributed by atoms with Gasteiger partial charge in [0.2, 0.25) is 0 Å². The van der Waals surface area contributed by atoms with Crippen molar-refractivity contribution < 1.29 is 4.74 Å². The van der Waals surface area contributed by atoms with Gasteiger partial charge in [-0.3, -0.25) is 4.90 Å². The van der Waals surface area contributed by atoms with E-state index in [0.717, 1.165) is 36.7 Å². The Kier molecular flexibility index (Phi) is 5.71. The number of ether oxygens (including phenoxy) is 1. The average Bonchev–Trinajstić information content (AvgIpc) is 3.44. The van der Waals surface area contributed by atoms with E-state index in [1.165, 1.54) is 23.3 Å². The molecule has 27 heavy (non-hydrogen) atoms. The highest BCUT2D eigenvalue weighted by atomic mass is 32.1. The molecule has 0 radical (unpaired) electrons. The van der Waals surface area contributed by atoms with E-state index in [9.17, 15) is 0 Å². The van der Waals surface area contributed by atoms with Crippen LogP contribution in [0.15, 0.2) is 48.1 Å². The molecule has 0 unspecified atom stereocenters. The van der Waals surface area contributed by atoms with Crippen molar-refractivity contribution in [2.24, 2.45) is 0 Å². The molecule has 3 aromatic rings. The van der Waals surface area contributed by atoms with Gasteiger partial charge in [-0.1, -0.05) is 18.2 Å². The van der Waals surface area contributed by atoms with Crippen LogP contribution in [0.3, 0.4) is 0 Å².